The van der Waals surface area contributed by atoms with Gasteiger partial charge in [0.05, 0.1) is 11.1 Å². The van der Waals surface area contributed by atoms with E-state index in [1.807, 2.05) is 18.2 Å². The van der Waals surface area contributed by atoms with Crippen LogP contribution in [0.3, 0.4) is 0 Å². The van der Waals surface area contributed by atoms with Crippen molar-refractivity contribution >= 4 is 63.3 Å². The predicted molar refractivity (Wildman–Crippen MR) is 246 cm³/mol. The van der Waals surface area contributed by atoms with Crippen LogP contribution in [0.15, 0.2) is 66.2 Å². The van der Waals surface area contributed by atoms with Gasteiger partial charge < -0.3 is 25.1 Å². The Balaban J connectivity index is 0.683. The largest absolute Gasteiger partial charge is 0.508 e. The number of fused-ring (bicyclic) bond motifs is 2. The van der Waals surface area contributed by atoms with Gasteiger partial charge in [0, 0.05) is 98.9 Å². The van der Waals surface area contributed by atoms with Gasteiger partial charge in [0.25, 0.3) is 23.6 Å². The lowest BCUT2D eigenvalue weighted by molar-refractivity contribution is -0.136. The zero-order valence-electron chi connectivity index (χ0n) is 36.7. The molecule has 16 nitrogen and oxygen atoms in total. The van der Waals surface area contributed by atoms with Crippen molar-refractivity contribution in [2.24, 2.45) is 0 Å². The van der Waals surface area contributed by atoms with E-state index < -0.39 is 47.4 Å². The quantitative estimate of drug-likeness (QED) is 0.0833. The molecule has 3 fully saturated rings. The van der Waals surface area contributed by atoms with Crippen LogP contribution in [0.2, 0.25) is 0 Å². The number of nitrogens with zero attached hydrogens (tertiary/aromatic N) is 6. The van der Waals surface area contributed by atoms with Crippen LogP contribution < -0.4 is 20.9 Å². The minimum absolute atomic E-state index is 0.00485. The molecule has 5 aliphatic rings. The summed E-state index contributed by atoms with van der Waals surface area (Å²) in [6, 6.07) is 12.6. The van der Waals surface area contributed by atoms with Crippen LogP contribution in [0.4, 0.5) is 20.9 Å². The standard InChI is InChI=1S/C48H54FN9O7S/c49-31-10-13-39(59)36(27-31)42(44(62)53-48-51-18-26-66-48)57-29-30-9-11-33(28-35(30)45(57)63)55-20-15-32(16-21-55)56-24-22-54(23-25-56)19-5-3-1-2-4-17-50-37-8-6-7-34-41(37)47(65)58(46(34)64)38-12-14-40(60)52-43(38)61/h6-11,13,18,26-28,32,38,42,50,59H,1-5,12,14-17,19-25,29H2,(H,51,53,62)(H,52,60,61). The van der Waals surface area contributed by atoms with E-state index in [-0.39, 0.29) is 47.7 Å². The monoisotopic (exact) mass is 919 g/mol. The van der Waals surface area contributed by atoms with Gasteiger partial charge in [-0.05, 0) is 86.7 Å². The number of phenols is 1. The molecule has 0 radical (unpaired) electrons. The van der Waals surface area contributed by atoms with E-state index >= 15 is 0 Å². The maximum Gasteiger partial charge on any atom is 0.264 e. The smallest absolute Gasteiger partial charge is 0.264 e. The van der Waals surface area contributed by atoms with Crippen molar-refractivity contribution in [2.75, 3.05) is 67.9 Å². The maximum atomic E-state index is 14.4. The van der Waals surface area contributed by atoms with Gasteiger partial charge in [-0.1, -0.05) is 31.4 Å². The fourth-order valence-electron chi connectivity index (χ4n) is 10.1. The molecule has 0 aliphatic carbocycles. The number of imide groups is 2. The summed E-state index contributed by atoms with van der Waals surface area (Å²) in [7, 11) is 0. The second-order valence-electron chi connectivity index (χ2n) is 17.7. The lowest BCUT2D eigenvalue weighted by atomic mass is 10.0. The van der Waals surface area contributed by atoms with Gasteiger partial charge in [0.15, 0.2) is 5.13 Å². The summed E-state index contributed by atoms with van der Waals surface area (Å²) in [5, 5.41) is 21.1. The zero-order valence-corrected chi connectivity index (χ0v) is 37.5. The molecule has 4 aromatic rings. The number of unbranched alkanes of at least 4 members (excludes halogenated alkanes) is 4. The Labute approximate surface area is 386 Å². The third kappa shape index (κ3) is 9.39. The Morgan fingerprint density at radius 3 is 2.42 bits per heavy atom. The molecule has 0 bridgehead atoms. The minimum atomic E-state index is -1.28. The summed E-state index contributed by atoms with van der Waals surface area (Å²) < 4.78 is 14.4. The molecule has 0 saturated carbocycles. The highest BCUT2D eigenvalue weighted by atomic mass is 32.1. The molecule has 2 atom stereocenters. The van der Waals surface area contributed by atoms with E-state index in [1.54, 1.807) is 29.8 Å². The maximum absolute atomic E-state index is 14.4. The number of nitrogens with one attached hydrogen (secondary N) is 3. The zero-order chi connectivity index (χ0) is 45.9. The molecule has 5 aliphatic heterocycles. The molecular formula is C48H54FN9O7S. The number of rotatable bonds is 16. The van der Waals surface area contributed by atoms with E-state index in [2.05, 4.69) is 35.6 Å². The summed E-state index contributed by atoms with van der Waals surface area (Å²) in [5.74, 6) is -3.88. The number of piperidine rings is 2. The number of hydrogen-bond donors (Lipinski definition) is 4. The molecule has 66 heavy (non-hydrogen) atoms. The van der Waals surface area contributed by atoms with Crippen molar-refractivity contribution in [3.05, 3.63) is 99.8 Å². The van der Waals surface area contributed by atoms with Crippen molar-refractivity contribution < 1.29 is 38.3 Å². The Kier molecular flexibility index (Phi) is 13.4. The third-order valence-electron chi connectivity index (χ3n) is 13.6. The Hall–Kier alpha value is -6.24. The van der Waals surface area contributed by atoms with Crippen LogP contribution in [-0.2, 0) is 20.9 Å². The van der Waals surface area contributed by atoms with Crippen molar-refractivity contribution in [2.45, 2.75) is 82.5 Å². The average Bonchev–Trinajstić information content (AvgIpc) is 4.02. The minimum Gasteiger partial charge on any atom is -0.508 e. The number of amides is 6. The molecule has 4 N–H and O–H groups in total. The first-order chi connectivity index (χ1) is 32.0. The molecule has 3 aromatic carbocycles. The first-order valence-electron chi connectivity index (χ1n) is 23.0. The number of phenolic OH excluding ortho intramolecular Hbond substituents is 1. The highest BCUT2D eigenvalue weighted by Crippen LogP contribution is 2.38. The molecule has 6 amide bonds. The fourth-order valence-corrected chi connectivity index (χ4v) is 10.6. The van der Waals surface area contributed by atoms with Gasteiger partial charge in [-0.3, -0.25) is 49.2 Å². The second-order valence-corrected chi connectivity index (χ2v) is 18.6. The SMILES string of the molecule is O=C1CCC(N2C(=O)c3cccc(NCCCCCCCN4CCN(C5CCN(c6ccc7c(c6)C(=O)N(C(C(=O)Nc6nccs6)c6cc(F)ccc6O)C7)CC5)CC4)c3C2=O)C(=O)N1. The van der Waals surface area contributed by atoms with E-state index in [0.717, 1.165) is 119 Å². The van der Waals surface area contributed by atoms with Crippen molar-refractivity contribution in [1.82, 2.24) is 29.9 Å². The van der Waals surface area contributed by atoms with Gasteiger partial charge in [-0.2, -0.15) is 0 Å². The number of aromatic hydroxyl groups is 1. The summed E-state index contributed by atoms with van der Waals surface area (Å²) >= 11 is 1.22. The Morgan fingerprint density at radius 1 is 0.864 bits per heavy atom. The molecule has 9 rings (SSSR count). The number of anilines is 3. The van der Waals surface area contributed by atoms with Gasteiger partial charge in [-0.25, -0.2) is 9.37 Å². The van der Waals surface area contributed by atoms with Crippen LogP contribution in [0.25, 0.3) is 0 Å². The molecule has 346 valence electrons. The lowest BCUT2D eigenvalue weighted by Crippen LogP contribution is -2.54. The third-order valence-corrected chi connectivity index (χ3v) is 14.3. The fraction of sp³-hybridized carbons (Fsp3) is 0.438. The van der Waals surface area contributed by atoms with Crippen LogP contribution in [-0.4, -0.2) is 130 Å². The first kappa shape index (κ1) is 44.9. The van der Waals surface area contributed by atoms with Crippen molar-refractivity contribution in [3.8, 4) is 5.75 Å². The predicted octanol–water partition coefficient (Wildman–Crippen LogP) is 5.37. The van der Waals surface area contributed by atoms with Crippen LogP contribution in [0.5, 0.6) is 5.75 Å². The van der Waals surface area contributed by atoms with Gasteiger partial charge >= 0.3 is 0 Å². The van der Waals surface area contributed by atoms with Crippen LogP contribution in [0.1, 0.15) is 106 Å². The number of aromatic nitrogens is 1. The van der Waals surface area contributed by atoms with E-state index in [0.29, 0.717) is 29.0 Å². The first-order valence-corrected chi connectivity index (χ1v) is 23.8. The number of halogens is 1. The summed E-state index contributed by atoms with van der Waals surface area (Å²) in [6.45, 7) is 7.78. The molecule has 3 saturated heterocycles. The van der Waals surface area contributed by atoms with E-state index in [9.17, 15) is 38.3 Å². The second kappa shape index (κ2) is 19.7. The normalized spacial score (nSPS) is 19.9. The molecule has 18 heteroatoms. The highest BCUT2D eigenvalue weighted by Gasteiger charge is 2.46. The number of hydrogen-bond acceptors (Lipinski definition) is 13. The van der Waals surface area contributed by atoms with E-state index in [4.69, 9.17) is 0 Å². The molecule has 0 spiro atoms. The highest BCUT2D eigenvalue weighted by molar-refractivity contribution is 7.13. The summed E-state index contributed by atoms with van der Waals surface area (Å²) in [4.78, 5) is 92.2. The average molecular weight is 920 g/mol. The lowest BCUT2D eigenvalue weighted by Gasteiger charge is -2.43. The van der Waals surface area contributed by atoms with Gasteiger partial charge in [-0.15, -0.1) is 11.3 Å². The van der Waals surface area contributed by atoms with Crippen LogP contribution >= 0.6 is 11.3 Å². The van der Waals surface area contributed by atoms with Gasteiger partial charge in [0.1, 0.15) is 23.7 Å². The number of piperazine rings is 1. The topological polar surface area (TPSA) is 188 Å². The molecular weight excluding hydrogens is 866 g/mol. The summed E-state index contributed by atoms with van der Waals surface area (Å²) in [5.41, 5.74) is 3.37. The van der Waals surface area contributed by atoms with E-state index in [1.165, 1.54) is 22.3 Å². The molecule has 1 aromatic heterocycles. The number of thiazole rings is 1. The Bertz CT molecular complexity index is 2510. The van der Waals surface area contributed by atoms with Crippen molar-refractivity contribution in [3.63, 3.8) is 0 Å². The summed E-state index contributed by atoms with van der Waals surface area (Å²) in [6.07, 6.45) is 9.14. The number of benzene rings is 3. The van der Waals surface area contributed by atoms with Crippen molar-refractivity contribution in [1.29, 1.82) is 0 Å². The Morgan fingerprint density at radius 2 is 1.65 bits per heavy atom. The van der Waals surface area contributed by atoms with Crippen LogP contribution in [0, 0.1) is 5.82 Å². The number of carbonyl (C=O) groups is 6. The number of carbonyl (C=O) groups excluding carboxylic acids is 6. The molecule has 6 heterocycles. The van der Waals surface area contributed by atoms with Gasteiger partial charge in [0.2, 0.25) is 11.8 Å². The molecule has 2 unspecified atom stereocenters.